The average Bonchev–Trinajstić information content (AvgIpc) is 2.66. The molecular formula is C16H33N. The molecular weight excluding hydrogens is 206 g/mol. The lowest BCUT2D eigenvalue weighted by molar-refractivity contribution is 0.205. The Labute approximate surface area is 109 Å². The third kappa shape index (κ3) is 4.62. The van der Waals surface area contributed by atoms with Gasteiger partial charge < -0.3 is 5.32 Å². The zero-order valence-electron chi connectivity index (χ0n) is 12.7. The number of nitrogens with one attached hydrogen (secondary N) is 1. The van der Waals surface area contributed by atoms with Gasteiger partial charge in [0.05, 0.1) is 0 Å². The summed E-state index contributed by atoms with van der Waals surface area (Å²) in [4.78, 5) is 0. The fourth-order valence-corrected chi connectivity index (χ4v) is 3.64. The van der Waals surface area contributed by atoms with E-state index in [1.807, 2.05) is 0 Å². The number of hydrogen-bond acceptors (Lipinski definition) is 1. The first kappa shape index (κ1) is 15.0. The molecule has 1 atom stereocenters. The van der Waals surface area contributed by atoms with Crippen LogP contribution in [0.4, 0.5) is 0 Å². The molecule has 1 aliphatic rings. The fraction of sp³-hybridized carbons (Fsp3) is 1.00. The van der Waals surface area contributed by atoms with Gasteiger partial charge in [-0.3, -0.25) is 0 Å². The average molecular weight is 239 g/mol. The zero-order valence-corrected chi connectivity index (χ0v) is 12.7. The molecule has 0 heterocycles. The lowest BCUT2D eigenvalue weighted by atomic mass is 9.78. The number of hydrogen-bond donors (Lipinski definition) is 1. The van der Waals surface area contributed by atoms with Gasteiger partial charge in [0, 0.05) is 12.6 Å². The van der Waals surface area contributed by atoms with E-state index in [1.165, 1.54) is 45.1 Å². The molecule has 0 radical (unpaired) electrons. The lowest BCUT2D eigenvalue weighted by Gasteiger charge is -2.34. The van der Waals surface area contributed by atoms with E-state index in [9.17, 15) is 0 Å². The van der Waals surface area contributed by atoms with Crippen LogP contribution in [0.15, 0.2) is 0 Å². The van der Waals surface area contributed by atoms with Crippen molar-refractivity contribution in [3.05, 3.63) is 0 Å². The highest BCUT2D eigenvalue weighted by atomic mass is 14.9. The van der Waals surface area contributed by atoms with Gasteiger partial charge in [-0.1, -0.05) is 47.5 Å². The standard InChI is InChI=1S/C16H33N/c1-6-15(14(4)5)17-12-16(11-13(2)3)9-7-8-10-16/h13-15,17H,6-12H2,1-5H3. The Balaban J connectivity index is 2.49. The topological polar surface area (TPSA) is 12.0 Å². The molecule has 0 aromatic carbocycles. The van der Waals surface area contributed by atoms with E-state index in [0.717, 1.165) is 11.8 Å². The highest BCUT2D eigenvalue weighted by molar-refractivity contribution is 4.88. The summed E-state index contributed by atoms with van der Waals surface area (Å²) in [6, 6.07) is 0.708. The van der Waals surface area contributed by atoms with Crippen LogP contribution in [0.1, 0.15) is 73.1 Å². The smallest absolute Gasteiger partial charge is 0.00876 e. The van der Waals surface area contributed by atoms with Crippen LogP contribution in [0.5, 0.6) is 0 Å². The minimum absolute atomic E-state index is 0.622. The van der Waals surface area contributed by atoms with Crippen molar-refractivity contribution in [3.63, 3.8) is 0 Å². The molecule has 1 rings (SSSR count). The van der Waals surface area contributed by atoms with E-state index in [4.69, 9.17) is 0 Å². The van der Waals surface area contributed by atoms with Gasteiger partial charge in [0.1, 0.15) is 0 Å². The van der Waals surface area contributed by atoms with E-state index in [-0.39, 0.29) is 0 Å². The lowest BCUT2D eigenvalue weighted by Crippen LogP contribution is -2.41. The summed E-state index contributed by atoms with van der Waals surface area (Å²) in [5.74, 6) is 1.60. The molecule has 1 saturated carbocycles. The minimum atomic E-state index is 0.622. The van der Waals surface area contributed by atoms with Crippen LogP contribution in [0.2, 0.25) is 0 Å². The fourth-order valence-electron chi connectivity index (χ4n) is 3.64. The van der Waals surface area contributed by atoms with Crippen molar-refractivity contribution >= 4 is 0 Å². The van der Waals surface area contributed by atoms with Gasteiger partial charge in [-0.2, -0.15) is 0 Å². The molecule has 1 nitrogen and oxygen atoms in total. The van der Waals surface area contributed by atoms with Crippen molar-refractivity contribution < 1.29 is 0 Å². The summed E-state index contributed by atoms with van der Waals surface area (Å²) < 4.78 is 0. The van der Waals surface area contributed by atoms with Gasteiger partial charge in [-0.15, -0.1) is 0 Å². The van der Waals surface area contributed by atoms with Crippen molar-refractivity contribution in [1.29, 1.82) is 0 Å². The predicted molar refractivity (Wildman–Crippen MR) is 77.3 cm³/mol. The Morgan fingerprint density at radius 1 is 1.06 bits per heavy atom. The summed E-state index contributed by atoms with van der Waals surface area (Å²) >= 11 is 0. The Bertz CT molecular complexity index is 202. The maximum Gasteiger partial charge on any atom is 0.00876 e. The molecule has 0 saturated heterocycles. The van der Waals surface area contributed by atoms with Crippen LogP contribution in [-0.2, 0) is 0 Å². The molecule has 1 N–H and O–H groups in total. The van der Waals surface area contributed by atoms with Crippen molar-refractivity contribution in [2.45, 2.75) is 79.2 Å². The van der Waals surface area contributed by atoms with E-state index in [0.29, 0.717) is 11.5 Å². The molecule has 1 heteroatoms. The molecule has 1 unspecified atom stereocenters. The monoisotopic (exact) mass is 239 g/mol. The first-order chi connectivity index (χ1) is 7.99. The first-order valence-electron chi connectivity index (χ1n) is 7.72. The third-order valence-corrected chi connectivity index (χ3v) is 4.49. The van der Waals surface area contributed by atoms with Crippen molar-refractivity contribution in [3.8, 4) is 0 Å². The largest absolute Gasteiger partial charge is 0.313 e. The van der Waals surface area contributed by atoms with Crippen molar-refractivity contribution in [2.24, 2.45) is 17.3 Å². The second-order valence-electron chi connectivity index (χ2n) is 6.94. The Morgan fingerprint density at radius 3 is 2.06 bits per heavy atom. The SMILES string of the molecule is CCC(NCC1(CC(C)C)CCCC1)C(C)C. The maximum absolute atomic E-state index is 3.86. The maximum atomic E-state index is 3.86. The summed E-state index contributed by atoms with van der Waals surface area (Å²) in [7, 11) is 0. The first-order valence-corrected chi connectivity index (χ1v) is 7.72. The summed E-state index contributed by atoms with van der Waals surface area (Å²) in [6.07, 6.45) is 8.48. The van der Waals surface area contributed by atoms with Crippen LogP contribution in [0.3, 0.4) is 0 Å². The van der Waals surface area contributed by atoms with Crippen LogP contribution in [-0.4, -0.2) is 12.6 Å². The van der Waals surface area contributed by atoms with Gasteiger partial charge in [0.2, 0.25) is 0 Å². The van der Waals surface area contributed by atoms with Crippen molar-refractivity contribution in [2.75, 3.05) is 6.54 Å². The van der Waals surface area contributed by atoms with Crippen LogP contribution < -0.4 is 5.32 Å². The molecule has 0 bridgehead atoms. The highest BCUT2D eigenvalue weighted by Crippen LogP contribution is 2.42. The van der Waals surface area contributed by atoms with E-state index in [1.54, 1.807) is 0 Å². The Kier molecular flexibility index (Phi) is 5.99. The Hall–Kier alpha value is -0.0400. The second-order valence-corrected chi connectivity index (χ2v) is 6.94. The summed E-state index contributed by atoms with van der Waals surface area (Å²) in [5.41, 5.74) is 0.622. The molecule has 0 aromatic heterocycles. The highest BCUT2D eigenvalue weighted by Gasteiger charge is 2.34. The molecule has 1 fully saturated rings. The van der Waals surface area contributed by atoms with Crippen LogP contribution in [0.25, 0.3) is 0 Å². The normalized spacial score (nSPS) is 21.4. The zero-order chi connectivity index (χ0) is 12.9. The summed E-state index contributed by atoms with van der Waals surface area (Å²) in [5, 5.41) is 3.86. The molecule has 102 valence electrons. The molecule has 0 aromatic rings. The predicted octanol–water partition coefficient (Wildman–Crippen LogP) is 4.62. The second kappa shape index (κ2) is 6.78. The molecule has 1 aliphatic carbocycles. The molecule has 0 amide bonds. The quantitative estimate of drug-likeness (QED) is 0.683. The van der Waals surface area contributed by atoms with E-state index in [2.05, 4.69) is 39.9 Å². The third-order valence-electron chi connectivity index (χ3n) is 4.49. The minimum Gasteiger partial charge on any atom is -0.313 e. The molecule has 17 heavy (non-hydrogen) atoms. The van der Waals surface area contributed by atoms with E-state index < -0.39 is 0 Å². The van der Waals surface area contributed by atoms with Crippen molar-refractivity contribution in [1.82, 2.24) is 5.32 Å². The van der Waals surface area contributed by atoms with Gasteiger partial charge in [-0.05, 0) is 42.9 Å². The number of rotatable bonds is 7. The molecule has 0 spiro atoms. The Morgan fingerprint density at radius 2 is 1.65 bits per heavy atom. The van der Waals surface area contributed by atoms with Gasteiger partial charge in [0.25, 0.3) is 0 Å². The van der Waals surface area contributed by atoms with E-state index >= 15 is 0 Å². The van der Waals surface area contributed by atoms with Crippen LogP contribution in [0, 0.1) is 17.3 Å². The van der Waals surface area contributed by atoms with Gasteiger partial charge >= 0.3 is 0 Å². The summed E-state index contributed by atoms with van der Waals surface area (Å²) in [6.45, 7) is 13.0. The van der Waals surface area contributed by atoms with Gasteiger partial charge in [-0.25, -0.2) is 0 Å². The molecule has 0 aliphatic heterocycles. The van der Waals surface area contributed by atoms with Crippen LogP contribution >= 0.6 is 0 Å². The van der Waals surface area contributed by atoms with Gasteiger partial charge in [0.15, 0.2) is 0 Å².